The third kappa shape index (κ3) is 4.59. The van der Waals surface area contributed by atoms with E-state index in [0.717, 1.165) is 30.7 Å². The van der Waals surface area contributed by atoms with Crippen LogP contribution in [-0.4, -0.2) is 40.0 Å². The molecule has 1 aliphatic rings. The Morgan fingerprint density at radius 3 is 2.81 bits per heavy atom. The van der Waals surface area contributed by atoms with Crippen molar-refractivity contribution >= 4 is 39.9 Å². The van der Waals surface area contributed by atoms with Crippen molar-refractivity contribution in [3.63, 3.8) is 0 Å². The van der Waals surface area contributed by atoms with E-state index >= 15 is 0 Å². The Kier molecular flexibility index (Phi) is 6.21. The lowest BCUT2D eigenvalue weighted by molar-refractivity contribution is -0.121. The molecule has 2 amide bonds. The zero-order valence-electron chi connectivity index (χ0n) is 14.6. The second-order valence-corrected chi connectivity index (χ2v) is 7.84. The number of piperidine rings is 1. The first-order chi connectivity index (χ1) is 12.6. The van der Waals surface area contributed by atoms with Gasteiger partial charge in [0.15, 0.2) is 0 Å². The van der Waals surface area contributed by atoms with Crippen molar-refractivity contribution in [2.45, 2.75) is 32.6 Å². The number of amides is 2. The second kappa shape index (κ2) is 8.60. The number of rotatable bonds is 5. The van der Waals surface area contributed by atoms with Gasteiger partial charge in [0.25, 0.3) is 5.91 Å². The molecule has 1 fully saturated rings. The van der Waals surface area contributed by atoms with Gasteiger partial charge >= 0.3 is 0 Å². The van der Waals surface area contributed by atoms with E-state index < -0.39 is 0 Å². The molecule has 1 atom stereocenters. The molecule has 1 aliphatic heterocycles. The molecule has 1 aromatic heterocycles. The number of carbonyl (C=O) groups excluding carboxylic acids is 2. The van der Waals surface area contributed by atoms with Gasteiger partial charge in [-0.1, -0.05) is 29.9 Å². The van der Waals surface area contributed by atoms with E-state index in [1.807, 2.05) is 0 Å². The Morgan fingerprint density at radius 2 is 2.08 bits per heavy atom. The van der Waals surface area contributed by atoms with E-state index in [2.05, 4.69) is 22.4 Å². The Balaban J connectivity index is 1.60. The normalized spacial score (nSPS) is 17.2. The summed E-state index contributed by atoms with van der Waals surface area (Å²) in [6.07, 6.45) is 3.42. The smallest absolute Gasteiger partial charge is 0.253 e. The summed E-state index contributed by atoms with van der Waals surface area (Å²) >= 11 is 7.29. The predicted molar refractivity (Wildman–Crippen MR) is 103 cm³/mol. The minimum absolute atomic E-state index is 0.0692. The highest BCUT2D eigenvalue weighted by Gasteiger charge is 2.29. The number of halogens is 1. The predicted octanol–water partition coefficient (Wildman–Crippen LogP) is 3.63. The zero-order chi connectivity index (χ0) is 18.5. The molecule has 0 radical (unpaired) electrons. The fraction of sp³-hybridized carbons (Fsp3) is 0.444. The largest absolute Gasteiger partial charge is 0.338 e. The molecule has 8 heteroatoms. The minimum Gasteiger partial charge on any atom is -0.338 e. The topological polar surface area (TPSA) is 75.2 Å². The number of hydrogen-bond acceptors (Lipinski definition) is 5. The molecular formula is C18H21ClN4O2S. The number of aryl methyl sites for hydroxylation is 1. The fourth-order valence-electron chi connectivity index (χ4n) is 2.98. The van der Waals surface area contributed by atoms with Gasteiger partial charge in [0.05, 0.1) is 5.92 Å². The van der Waals surface area contributed by atoms with Crippen LogP contribution >= 0.6 is 22.9 Å². The molecule has 1 saturated heterocycles. The van der Waals surface area contributed by atoms with Gasteiger partial charge in [-0.2, -0.15) is 0 Å². The van der Waals surface area contributed by atoms with Crippen molar-refractivity contribution in [2.75, 3.05) is 18.4 Å². The molecule has 2 aromatic rings. The second-order valence-electron chi connectivity index (χ2n) is 6.34. The number of carbonyl (C=O) groups is 2. The van der Waals surface area contributed by atoms with E-state index in [4.69, 9.17) is 11.6 Å². The van der Waals surface area contributed by atoms with Gasteiger partial charge in [-0.15, -0.1) is 10.2 Å². The van der Waals surface area contributed by atoms with Gasteiger partial charge in [0, 0.05) is 30.1 Å². The molecule has 1 N–H and O–H groups in total. The highest BCUT2D eigenvalue weighted by Crippen LogP contribution is 2.23. The molecule has 6 nitrogen and oxygen atoms in total. The van der Waals surface area contributed by atoms with Crippen LogP contribution in [0, 0.1) is 5.92 Å². The molecular weight excluding hydrogens is 372 g/mol. The Bertz CT molecular complexity index is 778. The van der Waals surface area contributed by atoms with Crippen LogP contribution < -0.4 is 5.32 Å². The zero-order valence-corrected chi connectivity index (χ0v) is 16.1. The highest BCUT2D eigenvalue weighted by atomic mass is 35.5. The van der Waals surface area contributed by atoms with Crippen molar-refractivity contribution in [1.82, 2.24) is 15.1 Å². The Morgan fingerprint density at radius 1 is 1.31 bits per heavy atom. The molecule has 0 aliphatic carbocycles. The van der Waals surface area contributed by atoms with Crippen LogP contribution in [0.25, 0.3) is 0 Å². The maximum absolute atomic E-state index is 12.6. The monoisotopic (exact) mass is 392 g/mol. The van der Waals surface area contributed by atoms with Crippen LogP contribution in [0.2, 0.25) is 5.02 Å². The summed E-state index contributed by atoms with van der Waals surface area (Å²) in [6, 6.07) is 6.83. The first kappa shape index (κ1) is 18.8. The molecule has 0 spiro atoms. The lowest BCUT2D eigenvalue weighted by Crippen LogP contribution is -2.43. The van der Waals surface area contributed by atoms with Crippen LogP contribution in [0.1, 0.15) is 41.6 Å². The van der Waals surface area contributed by atoms with Gasteiger partial charge in [-0.05, 0) is 43.5 Å². The number of benzene rings is 1. The molecule has 0 saturated carbocycles. The third-order valence-electron chi connectivity index (χ3n) is 4.33. The molecule has 1 unspecified atom stereocenters. The van der Waals surface area contributed by atoms with Crippen molar-refractivity contribution in [2.24, 2.45) is 5.92 Å². The van der Waals surface area contributed by atoms with E-state index in [1.165, 1.54) is 11.3 Å². The molecule has 1 aromatic carbocycles. The Labute approximate surface area is 161 Å². The SMILES string of the molecule is CCCc1nnc(NC(=O)C2CCCN(C(=O)c3ccc(Cl)cc3)C2)s1. The minimum atomic E-state index is -0.237. The van der Waals surface area contributed by atoms with Gasteiger partial charge < -0.3 is 10.2 Å². The molecule has 3 rings (SSSR count). The first-order valence-electron chi connectivity index (χ1n) is 8.75. The number of anilines is 1. The summed E-state index contributed by atoms with van der Waals surface area (Å²) in [5.41, 5.74) is 0.587. The average molecular weight is 393 g/mol. The molecule has 0 bridgehead atoms. The maximum Gasteiger partial charge on any atom is 0.253 e. The lowest BCUT2D eigenvalue weighted by Gasteiger charge is -2.32. The Hall–Kier alpha value is -1.99. The number of likely N-dealkylation sites (tertiary alicyclic amines) is 1. The van der Waals surface area contributed by atoms with E-state index in [1.54, 1.807) is 29.2 Å². The summed E-state index contributed by atoms with van der Waals surface area (Å²) in [5, 5.41) is 13.0. The van der Waals surface area contributed by atoms with Crippen LogP contribution in [0.4, 0.5) is 5.13 Å². The van der Waals surface area contributed by atoms with Crippen molar-refractivity contribution in [3.05, 3.63) is 39.9 Å². The van der Waals surface area contributed by atoms with E-state index in [0.29, 0.717) is 28.8 Å². The standard InChI is InChI=1S/C18H21ClN4O2S/c1-2-4-15-21-22-18(26-15)20-16(24)13-5-3-10-23(11-13)17(25)12-6-8-14(19)9-7-12/h6-9,13H,2-5,10-11H2,1H3,(H,20,22,24). The molecule has 26 heavy (non-hydrogen) atoms. The number of nitrogens with one attached hydrogen (secondary N) is 1. The average Bonchev–Trinajstić information content (AvgIpc) is 3.09. The summed E-state index contributed by atoms with van der Waals surface area (Å²) in [7, 11) is 0. The summed E-state index contributed by atoms with van der Waals surface area (Å²) in [6.45, 7) is 3.15. The summed E-state index contributed by atoms with van der Waals surface area (Å²) in [4.78, 5) is 26.9. The van der Waals surface area contributed by atoms with Crippen LogP contribution in [0.3, 0.4) is 0 Å². The van der Waals surface area contributed by atoms with Crippen LogP contribution in [-0.2, 0) is 11.2 Å². The maximum atomic E-state index is 12.6. The van der Waals surface area contributed by atoms with Gasteiger partial charge in [0.1, 0.15) is 5.01 Å². The number of hydrogen-bond donors (Lipinski definition) is 1. The first-order valence-corrected chi connectivity index (χ1v) is 9.94. The summed E-state index contributed by atoms with van der Waals surface area (Å²) < 4.78 is 0. The van der Waals surface area contributed by atoms with Crippen LogP contribution in [0.15, 0.2) is 24.3 Å². The third-order valence-corrected chi connectivity index (χ3v) is 5.48. The van der Waals surface area contributed by atoms with Crippen molar-refractivity contribution in [3.8, 4) is 0 Å². The van der Waals surface area contributed by atoms with Gasteiger partial charge in [0.2, 0.25) is 11.0 Å². The van der Waals surface area contributed by atoms with Gasteiger partial charge in [-0.25, -0.2) is 0 Å². The van der Waals surface area contributed by atoms with E-state index in [-0.39, 0.29) is 17.7 Å². The van der Waals surface area contributed by atoms with Crippen LogP contribution in [0.5, 0.6) is 0 Å². The molecule has 2 heterocycles. The molecule has 138 valence electrons. The summed E-state index contributed by atoms with van der Waals surface area (Å²) in [5.74, 6) is -0.406. The number of nitrogens with zero attached hydrogens (tertiary/aromatic N) is 3. The number of aromatic nitrogens is 2. The van der Waals surface area contributed by atoms with Crippen molar-refractivity contribution < 1.29 is 9.59 Å². The highest BCUT2D eigenvalue weighted by molar-refractivity contribution is 7.15. The fourth-order valence-corrected chi connectivity index (χ4v) is 3.95. The lowest BCUT2D eigenvalue weighted by atomic mass is 9.96. The quantitative estimate of drug-likeness (QED) is 0.842. The van der Waals surface area contributed by atoms with E-state index in [9.17, 15) is 9.59 Å². The van der Waals surface area contributed by atoms with Gasteiger partial charge in [-0.3, -0.25) is 9.59 Å². The van der Waals surface area contributed by atoms with Crippen molar-refractivity contribution in [1.29, 1.82) is 0 Å².